The first-order valence-electron chi connectivity index (χ1n) is 9.86. The number of hydrogen-bond acceptors (Lipinski definition) is 5. The summed E-state index contributed by atoms with van der Waals surface area (Å²) in [5.41, 5.74) is -1.31. The van der Waals surface area contributed by atoms with Crippen LogP contribution in [0.3, 0.4) is 0 Å². The summed E-state index contributed by atoms with van der Waals surface area (Å²) in [5, 5.41) is 32.3. The van der Waals surface area contributed by atoms with Crippen LogP contribution >= 0.6 is 46.4 Å². The van der Waals surface area contributed by atoms with Crippen molar-refractivity contribution in [3.8, 4) is 12.1 Å². The van der Waals surface area contributed by atoms with Gasteiger partial charge in [-0.1, -0.05) is 76.7 Å². The van der Waals surface area contributed by atoms with Crippen LogP contribution in [0.15, 0.2) is 61.2 Å². The van der Waals surface area contributed by atoms with Crippen molar-refractivity contribution >= 4 is 46.4 Å². The molecule has 182 valence electrons. The normalized spacial score (nSPS) is 12.0. The molecule has 1 N–H and O–H groups in total. The first-order chi connectivity index (χ1) is 17.1. The van der Waals surface area contributed by atoms with Gasteiger partial charge in [-0.2, -0.15) is 15.6 Å². The fourth-order valence-electron chi connectivity index (χ4n) is 3.23. The van der Waals surface area contributed by atoms with Crippen LogP contribution in [0.25, 0.3) is 0 Å². The van der Waals surface area contributed by atoms with E-state index in [-0.39, 0.29) is 43.3 Å². The number of benzene rings is 3. The van der Waals surface area contributed by atoms with E-state index in [9.17, 15) is 13.9 Å². The zero-order valence-corrected chi connectivity index (χ0v) is 21.0. The summed E-state index contributed by atoms with van der Waals surface area (Å²) in [6, 6.07) is 14.7. The minimum atomic E-state index is -1.69. The number of nitrogens with zero attached hydrogens (tertiary/aromatic N) is 5. The predicted molar refractivity (Wildman–Crippen MR) is 132 cm³/mol. The summed E-state index contributed by atoms with van der Waals surface area (Å²) >= 11 is 22.8. The molecule has 36 heavy (non-hydrogen) atoms. The lowest BCUT2D eigenvalue weighted by Gasteiger charge is -2.29. The van der Waals surface area contributed by atoms with E-state index in [1.54, 1.807) is 24.3 Å². The monoisotopic (exact) mass is 565 g/mol. The molecule has 0 aliphatic rings. The molecule has 4 aromatic rings. The Morgan fingerprint density at radius 3 is 1.94 bits per heavy atom. The fraction of sp³-hybridized carbons (Fsp3) is 0.0833. The maximum atomic E-state index is 14.2. The number of halogens is 6. The van der Waals surface area contributed by atoms with E-state index in [0.717, 1.165) is 0 Å². The summed E-state index contributed by atoms with van der Waals surface area (Å²) in [5.74, 6) is -0.977. The van der Waals surface area contributed by atoms with Crippen LogP contribution < -0.4 is 0 Å². The van der Waals surface area contributed by atoms with Gasteiger partial charge in [-0.3, -0.25) is 0 Å². The summed E-state index contributed by atoms with van der Waals surface area (Å²) in [4.78, 5) is 3.82. The third kappa shape index (κ3) is 5.60. The van der Waals surface area contributed by atoms with Crippen LogP contribution in [0.5, 0.6) is 0 Å². The van der Waals surface area contributed by atoms with Crippen molar-refractivity contribution in [3.05, 3.63) is 115 Å². The summed E-state index contributed by atoms with van der Waals surface area (Å²) in [6.07, 6.45) is 2.75. The average Bonchev–Trinajstić information content (AvgIpc) is 3.37. The maximum absolute atomic E-state index is 14.2. The first-order valence-corrected chi connectivity index (χ1v) is 11.4. The number of rotatable bonds is 4. The van der Waals surface area contributed by atoms with E-state index in [1.807, 2.05) is 0 Å². The summed E-state index contributed by atoms with van der Waals surface area (Å²) in [6.45, 7) is -0.0421. The van der Waals surface area contributed by atoms with Crippen molar-refractivity contribution in [2.45, 2.75) is 12.1 Å². The van der Waals surface area contributed by atoms with Crippen LogP contribution in [0.2, 0.25) is 20.1 Å². The van der Waals surface area contributed by atoms with Crippen LogP contribution in [0.1, 0.15) is 22.3 Å². The second-order valence-corrected chi connectivity index (χ2v) is 8.68. The van der Waals surface area contributed by atoms with Gasteiger partial charge >= 0.3 is 0 Å². The highest BCUT2D eigenvalue weighted by Gasteiger charge is 2.35. The van der Waals surface area contributed by atoms with Crippen molar-refractivity contribution in [2.75, 3.05) is 0 Å². The molecule has 0 spiro atoms. The SMILES string of the molecule is N#Cc1c(Cl)c(Cl)c(Cl)c(C#N)c1Cl.OC(Cn1cncn1)(c1ccc(F)cc1)c1ccccc1F. The van der Waals surface area contributed by atoms with Gasteiger partial charge in [0, 0.05) is 5.56 Å². The van der Waals surface area contributed by atoms with E-state index in [2.05, 4.69) is 10.1 Å². The van der Waals surface area contributed by atoms with Gasteiger partial charge in [0.25, 0.3) is 0 Å². The standard InChI is InChI=1S/C16H13F2N3O.C8Cl4N2/c17-13-7-5-12(6-8-13)16(22,9-21-11-19-10-20-21)14-3-1-2-4-15(14)18;9-5-3(1-13)6(10)8(12)7(11)4(5)2-14/h1-8,10-11,22H,9H2;. The highest BCUT2D eigenvalue weighted by Crippen LogP contribution is 2.40. The van der Waals surface area contributed by atoms with E-state index >= 15 is 0 Å². The van der Waals surface area contributed by atoms with Crippen LogP contribution in [0, 0.1) is 34.3 Å². The Kier molecular flexibility index (Phi) is 8.86. The first kappa shape index (κ1) is 27.3. The van der Waals surface area contributed by atoms with Gasteiger partial charge < -0.3 is 5.11 Å². The predicted octanol–water partition coefficient (Wildman–Crippen LogP) is 6.54. The molecule has 1 heterocycles. The third-order valence-corrected chi connectivity index (χ3v) is 6.69. The molecule has 3 aromatic carbocycles. The van der Waals surface area contributed by atoms with Gasteiger partial charge in [0.1, 0.15) is 42.0 Å². The molecule has 0 aliphatic heterocycles. The number of nitriles is 2. The topological polar surface area (TPSA) is 98.5 Å². The number of hydrogen-bond donors (Lipinski definition) is 1. The third-order valence-electron chi connectivity index (χ3n) is 4.99. The highest BCUT2D eigenvalue weighted by molar-refractivity contribution is 6.50. The molecule has 0 amide bonds. The molecule has 1 unspecified atom stereocenters. The maximum Gasteiger partial charge on any atom is 0.137 e. The van der Waals surface area contributed by atoms with Gasteiger partial charge in [0.2, 0.25) is 0 Å². The molecule has 12 heteroatoms. The van der Waals surface area contributed by atoms with E-state index in [0.29, 0.717) is 5.56 Å². The van der Waals surface area contributed by atoms with Gasteiger partial charge in [0.05, 0.1) is 37.8 Å². The molecule has 0 radical (unpaired) electrons. The molecule has 1 atom stereocenters. The Hall–Kier alpha value is -3.24. The van der Waals surface area contributed by atoms with Gasteiger partial charge in [-0.15, -0.1) is 0 Å². The zero-order chi connectivity index (χ0) is 26.5. The lowest BCUT2D eigenvalue weighted by Crippen LogP contribution is -2.34. The Morgan fingerprint density at radius 2 is 1.44 bits per heavy atom. The van der Waals surface area contributed by atoms with Crippen molar-refractivity contribution in [3.63, 3.8) is 0 Å². The summed E-state index contributed by atoms with van der Waals surface area (Å²) in [7, 11) is 0. The quantitative estimate of drug-likeness (QED) is 0.223. The van der Waals surface area contributed by atoms with Crippen molar-refractivity contribution in [2.24, 2.45) is 0 Å². The average molecular weight is 567 g/mol. The Morgan fingerprint density at radius 1 is 0.861 bits per heavy atom. The Bertz CT molecular complexity index is 1430. The van der Waals surface area contributed by atoms with E-state index < -0.39 is 17.2 Å². The molecule has 0 bridgehead atoms. The second kappa shape index (κ2) is 11.7. The molecule has 6 nitrogen and oxygen atoms in total. The van der Waals surface area contributed by atoms with Crippen LogP contribution in [0.4, 0.5) is 8.78 Å². The summed E-state index contributed by atoms with van der Waals surface area (Å²) < 4.78 is 28.7. The molecular weight excluding hydrogens is 554 g/mol. The smallest absolute Gasteiger partial charge is 0.137 e. The minimum Gasteiger partial charge on any atom is -0.378 e. The molecule has 1 aromatic heterocycles. The molecule has 0 aliphatic carbocycles. The second-order valence-electron chi connectivity index (χ2n) is 7.17. The van der Waals surface area contributed by atoms with Gasteiger partial charge in [-0.25, -0.2) is 18.4 Å². The van der Waals surface area contributed by atoms with Crippen molar-refractivity contribution in [1.82, 2.24) is 14.8 Å². The van der Waals surface area contributed by atoms with Crippen LogP contribution in [-0.4, -0.2) is 19.9 Å². The largest absolute Gasteiger partial charge is 0.378 e. The molecule has 0 fully saturated rings. The molecule has 0 saturated carbocycles. The highest BCUT2D eigenvalue weighted by atomic mass is 35.5. The Balaban J connectivity index is 0.000000223. The van der Waals surface area contributed by atoms with E-state index in [1.165, 1.54) is 53.7 Å². The van der Waals surface area contributed by atoms with Crippen LogP contribution in [-0.2, 0) is 12.1 Å². The zero-order valence-electron chi connectivity index (χ0n) is 17.9. The van der Waals surface area contributed by atoms with Crippen molar-refractivity contribution in [1.29, 1.82) is 10.5 Å². The lowest BCUT2D eigenvalue weighted by molar-refractivity contribution is 0.0535. The number of aliphatic hydroxyl groups is 1. The van der Waals surface area contributed by atoms with Gasteiger partial charge in [-0.05, 0) is 23.8 Å². The molecular formula is C24H13Cl4F2N5O. The van der Waals surface area contributed by atoms with Crippen molar-refractivity contribution < 1.29 is 13.9 Å². The lowest BCUT2D eigenvalue weighted by atomic mass is 9.86. The molecule has 4 rings (SSSR count). The Labute approximate surface area is 224 Å². The fourth-order valence-corrected chi connectivity index (χ4v) is 4.30. The minimum absolute atomic E-state index is 0.0363. The molecule has 0 saturated heterocycles. The van der Waals surface area contributed by atoms with E-state index in [4.69, 9.17) is 56.9 Å². The van der Waals surface area contributed by atoms with Gasteiger partial charge in [0.15, 0.2) is 0 Å². The number of aromatic nitrogens is 3.